The summed E-state index contributed by atoms with van der Waals surface area (Å²) < 4.78 is 0. The molecule has 0 saturated carbocycles. The minimum Gasteiger partial charge on any atom is -0.0509 e. The zero-order valence-corrected chi connectivity index (χ0v) is 14.2. The Labute approximate surface area is 123 Å². The largest absolute Gasteiger partial charge is 0.0509 e. The first kappa shape index (κ1) is 14.8. The van der Waals surface area contributed by atoms with Gasteiger partial charge in [0.25, 0.3) is 0 Å². The van der Waals surface area contributed by atoms with Crippen LogP contribution in [0.1, 0.15) is 44.5 Å². The maximum atomic E-state index is 2.36. The van der Waals surface area contributed by atoms with Crippen molar-refractivity contribution in [3.8, 4) is 11.1 Å². The zero-order chi connectivity index (χ0) is 15.2. The Hall–Kier alpha value is -1.56. The lowest BCUT2D eigenvalue weighted by Gasteiger charge is -2.19. The first-order chi connectivity index (χ1) is 9.25. The molecule has 0 nitrogen and oxygen atoms in total. The second kappa shape index (κ2) is 5.09. The summed E-state index contributed by atoms with van der Waals surface area (Å²) in [5, 5.41) is 0. The van der Waals surface area contributed by atoms with Crippen LogP contribution >= 0.6 is 0 Å². The second-order valence-electron chi connectivity index (χ2n) is 6.23. The van der Waals surface area contributed by atoms with Crippen molar-refractivity contribution in [1.82, 2.24) is 0 Å². The number of aryl methyl sites for hydroxylation is 2. The molecule has 0 amide bonds. The molecule has 0 heterocycles. The summed E-state index contributed by atoms with van der Waals surface area (Å²) in [5.41, 5.74) is 14.1. The molecule has 0 bridgehead atoms. The highest BCUT2D eigenvalue weighted by Crippen LogP contribution is 2.34. The van der Waals surface area contributed by atoms with Gasteiger partial charge < -0.3 is 0 Å². The van der Waals surface area contributed by atoms with E-state index in [1.165, 1.54) is 55.6 Å². The van der Waals surface area contributed by atoms with Crippen LogP contribution in [0.15, 0.2) is 12.1 Å². The van der Waals surface area contributed by atoms with Crippen molar-refractivity contribution in [2.45, 2.75) is 55.4 Å². The summed E-state index contributed by atoms with van der Waals surface area (Å²) in [6.45, 7) is 17.9. The topological polar surface area (TPSA) is 0 Å². The summed E-state index contributed by atoms with van der Waals surface area (Å²) in [6, 6.07) is 4.71. The Morgan fingerprint density at radius 3 is 1.00 bits per heavy atom. The molecule has 0 unspecified atom stereocenters. The number of benzene rings is 2. The van der Waals surface area contributed by atoms with Crippen LogP contribution in [0.2, 0.25) is 0 Å². The summed E-state index contributed by atoms with van der Waals surface area (Å²) in [6.07, 6.45) is 0. The predicted octanol–water partition coefficient (Wildman–Crippen LogP) is 5.82. The molecule has 0 spiro atoms. The van der Waals surface area contributed by atoms with Crippen molar-refractivity contribution in [3.05, 3.63) is 56.6 Å². The molecule has 0 aliphatic heterocycles. The van der Waals surface area contributed by atoms with Gasteiger partial charge in [0, 0.05) is 0 Å². The number of hydrogen-bond donors (Lipinski definition) is 0. The fourth-order valence-electron chi connectivity index (χ4n) is 2.98. The predicted molar refractivity (Wildman–Crippen MR) is 89.8 cm³/mol. The highest BCUT2D eigenvalue weighted by atomic mass is 14.2. The van der Waals surface area contributed by atoms with Crippen molar-refractivity contribution < 1.29 is 0 Å². The molecule has 2 rings (SSSR count). The fourth-order valence-corrected chi connectivity index (χ4v) is 2.98. The zero-order valence-electron chi connectivity index (χ0n) is 14.2. The van der Waals surface area contributed by atoms with Crippen LogP contribution in [0, 0.1) is 55.4 Å². The minimum atomic E-state index is 1.39. The molecule has 0 saturated heterocycles. The maximum absolute atomic E-state index is 2.36. The van der Waals surface area contributed by atoms with Gasteiger partial charge in [-0.15, -0.1) is 0 Å². The van der Waals surface area contributed by atoms with E-state index < -0.39 is 0 Å². The van der Waals surface area contributed by atoms with Crippen LogP contribution in [0.4, 0.5) is 0 Å². The van der Waals surface area contributed by atoms with Gasteiger partial charge in [-0.3, -0.25) is 0 Å². The monoisotopic (exact) mass is 266 g/mol. The molecule has 20 heavy (non-hydrogen) atoms. The minimum absolute atomic E-state index is 1.39. The van der Waals surface area contributed by atoms with Crippen molar-refractivity contribution >= 4 is 0 Å². The third kappa shape index (κ3) is 2.18. The SMILES string of the molecule is Cc1cc(-c2cc(C)c(C)c(C)c2C)c(C)c(C)c1C. The van der Waals surface area contributed by atoms with Gasteiger partial charge in [-0.25, -0.2) is 0 Å². The first-order valence-electron chi connectivity index (χ1n) is 7.40. The number of hydrogen-bond acceptors (Lipinski definition) is 0. The van der Waals surface area contributed by atoms with Gasteiger partial charge in [0.1, 0.15) is 0 Å². The Morgan fingerprint density at radius 2 is 0.700 bits per heavy atom. The van der Waals surface area contributed by atoms with Crippen LogP contribution in [-0.2, 0) is 0 Å². The summed E-state index contributed by atoms with van der Waals surface area (Å²) in [4.78, 5) is 0. The standard InChI is InChI=1S/C20H26/c1-11-9-19(17(7)15(5)13(11)3)20-10-12(2)14(4)16(6)18(20)8/h9-10H,1-8H3. The third-order valence-electron chi connectivity index (χ3n) is 5.25. The smallest absolute Gasteiger partial charge is 0.0146 e. The number of rotatable bonds is 1. The van der Waals surface area contributed by atoms with Crippen molar-refractivity contribution in [1.29, 1.82) is 0 Å². The van der Waals surface area contributed by atoms with Gasteiger partial charge in [0.2, 0.25) is 0 Å². The van der Waals surface area contributed by atoms with Crippen LogP contribution in [0.25, 0.3) is 11.1 Å². The Morgan fingerprint density at radius 1 is 0.400 bits per heavy atom. The summed E-state index contributed by atoms with van der Waals surface area (Å²) >= 11 is 0. The van der Waals surface area contributed by atoms with Crippen LogP contribution < -0.4 is 0 Å². The molecule has 2 aromatic carbocycles. The molecule has 0 radical (unpaired) electrons. The highest BCUT2D eigenvalue weighted by molar-refractivity contribution is 5.75. The third-order valence-corrected chi connectivity index (χ3v) is 5.25. The average molecular weight is 266 g/mol. The van der Waals surface area contributed by atoms with Gasteiger partial charge in [0.15, 0.2) is 0 Å². The van der Waals surface area contributed by atoms with E-state index in [0.29, 0.717) is 0 Å². The van der Waals surface area contributed by atoms with E-state index in [4.69, 9.17) is 0 Å². The van der Waals surface area contributed by atoms with E-state index in [1.54, 1.807) is 0 Å². The van der Waals surface area contributed by atoms with Crippen LogP contribution in [-0.4, -0.2) is 0 Å². The van der Waals surface area contributed by atoms with Gasteiger partial charge in [-0.1, -0.05) is 12.1 Å². The maximum Gasteiger partial charge on any atom is -0.0146 e. The quantitative estimate of drug-likeness (QED) is 0.610. The van der Waals surface area contributed by atoms with E-state index in [-0.39, 0.29) is 0 Å². The highest BCUT2D eigenvalue weighted by Gasteiger charge is 2.13. The Kier molecular flexibility index (Phi) is 3.77. The average Bonchev–Trinajstić information content (AvgIpc) is 2.42. The van der Waals surface area contributed by atoms with Gasteiger partial charge in [-0.05, 0) is 111 Å². The summed E-state index contributed by atoms with van der Waals surface area (Å²) in [5.74, 6) is 0. The van der Waals surface area contributed by atoms with Crippen LogP contribution in [0.3, 0.4) is 0 Å². The molecule has 0 N–H and O–H groups in total. The molecule has 0 aromatic heterocycles. The molecule has 0 atom stereocenters. The van der Waals surface area contributed by atoms with Gasteiger partial charge in [-0.2, -0.15) is 0 Å². The van der Waals surface area contributed by atoms with Crippen molar-refractivity contribution in [2.24, 2.45) is 0 Å². The lowest BCUT2D eigenvalue weighted by molar-refractivity contribution is 1.19. The second-order valence-corrected chi connectivity index (χ2v) is 6.23. The van der Waals surface area contributed by atoms with Gasteiger partial charge >= 0.3 is 0 Å². The van der Waals surface area contributed by atoms with Crippen LogP contribution in [0.5, 0.6) is 0 Å². The van der Waals surface area contributed by atoms with E-state index >= 15 is 0 Å². The Balaban J connectivity index is 2.83. The normalized spacial score (nSPS) is 11.0. The van der Waals surface area contributed by atoms with E-state index in [2.05, 4.69) is 67.5 Å². The molecule has 0 heteroatoms. The van der Waals surface area contributed by atoms with E-state index in [1.807, 2.05) is 0 Å². The molecule has 0 aliphatic rings. The van der Waals surface area contributed by atoms with Crippen molar-refractivity contribution in [2.75, 3.05) is 0 Å². The molecule has 2 aromatic rings. The molecule has 0 aliphatic carbocycles. The Bertz CT molecular complexity index is 627. The molecule has 106 valence electrons. The van der Waals surface area contributed by atoms with E-state index in [0.717, 1.165) is 0 Å². The molecular formula is C20H26. The first-order valence-corrected chi connectivity index (χ1v) is 7.40. The molecule has 0 fully saturated rings. The lowest BCUT2D eigenvalue weighted by atomic mass is 9.86. The summed E-state index contributed by atoms with van der Waals surface area (Å²) in [7, 11) is 0. The van der Waals surface area contributed by atoms with Crippen molar-refractivity contribution in [3.63, 3.8) is 0 Å². The van der Waals surface area contributed by atoms with Gasteiger partial charge in [0.05, 0.1) is 0 Å². The van der Waals surface area contributed by atoms with E-state index in [9.17, 15) is 0 Å². The lowest BCUT2D eigenvalue weighted by Crippen LogP contribution is -1.99. The molecular weight excluding hydrogens is 240 g/mol. The fraction of sp³-hybridized carbons (Fsp3) is 0.400.